The molecular formula is C12H14N6O3. The minimum absolute atomic E-state index is 0.174. The van der Waals surface area contributed by atoms with Crippen molar-refractivity contribution in [3.8, 4) is 0 Å². The number of hydrogen-bond donors (Lipinski definition) is 3. The maximum absolute atomic E-state index is 11.8. The average Bonchev–Trinajstić information content (AvgIpc) is 2.89. The number of aryl methyl sites for hydroxylation is 1. The van der Waals surface area contributed by atoms with Crippen molar-refractivity contribution in [2.75, 3.05) is 0 Å². The minimum Gasteiger partial charge on any atom is -0.479 e. The minimum atomic E-state index is -1.17. The van der Waals surface area contributed by atoms with Gasteiger partial charge in [0.15, 0.2) is 6.04 Å². The van der Waals surface area contributed by atoms with Crippen LogP contribution in [0.1, 0.15) is 17.3 Å². The Morgan fingerprint density at radius 1 is 1.48 bits per heavy atom. The lowest BCUT2D eigenvalue weighted by Crippen LogP contribution is -2.40. The molecule has 2 rings (SSSR count). The highest BCUT2D eigenvalue weighted by molar-refractivity contribution is 5.83. The van der Waals surface area contributed by atoms with Crippen LogP contribution in [0.25, 0.3) is 0 Å². The number of amides is 2. The molecule has 0 radical (unpaired) electrons. The van der Waals surface area contributed by atoms with Gasteiger partial charge in [-0.1, -0.05) is 0 Å². The number of urea groups is 1. The molecular weight excluding hydrogens is 276 g/mol. The molecule has 2 aromatic rings. The molecule has 110 valence electrons. The third kappa shape index (κ3) is 4.00. The SMILES string of the molecule is Cn1cc(C(NC(=O)NCc2ccncn2)C(=O)O)cn1. The van der Waals surface area contributed by atoms with Gasteiger partial charge in [-0.2, -0.15) is 5.10 Å². The molecule has 1 atom stereocenters. The monoisotopic (exact) mass is 290 g/mol. The van der Waals surface area contributed by atoms with E-state index in [2.05, 4.69) is 25.7 Å². The van der Waals surface area contributed by atoms with Crippen molar-refractivity contribution in [2.45, 2.75) is 12.6 Å². The predicted molar refractivity (Wildman–Crippen MR) is 71.0 cm³/mol. The Kier molecular flexibility index (Phi) is 4.44. The lowest BCUT2D eigenvalue weighted by Gasteiger charge is -2.13. The number of rotatable bonds is 5. The normalized spacial score (nSPS) is 11.7. The van der Waals surface area contributed by atoms with E-state index in [1.54, 1.807) is 19.3 Å². The molecule has 9 nitrogen and oxygen atoms in total. The highest BCUT2D eigenvalue weighted by Crippen LogP contribution is 2.11. The average molecular weight is 290 g/mol. The van der Waals surface area contributed by atoms with Crippen LogP contribution in [0, 0.1) is 0 Å². The molecule has 0 bridgehead atoms. The number of carboxylic acids is 1. The van der Waals surface area contributed by atoms with Crippen molar-refractivity contribution in [1.29, 1.82) is 0 Å². The van der Waals surface area contributed by atoms with Gasteiger partial charge >= 0.3 is 12.0 Å². The quantitative estimate of drug-likeness (QED) is 0.703. The fraction of sp³-hybridized carbons (Fsp3) is 0.250. The maximum atomic E-state index is 11.8. The summed E-state index contributed by atoms with van der Waals surface area (Å²) >= 11 is 0. The lowest BCUT2D eigenvalue weighted by atomic mass is 10.1. The van der Waals surface area contributed by atoms with Crippen LogP contribution in [0.5, 0.6) is 0 Å². The number of nitrogens with zero attached hydrogens (tertiary/aromatic N) is 4. The molecule has 3 N–H and O–H groups in total. The summed E-state index contributed by atoms with van der Waals surface area (Å²) in [4.78, 5) is 30.7. The van der Waals surface area contributed by atoms with Crippen molar-refractivity contribution in [1.82, 2.24) is 30.4 Å². The van der Waals surface area contributed by atoms with Gasteiger partial charge < -0.3 is 15.7 Å². The third-order valence-corrected chi connectivity index (χ3v) is 2.65. The van der Waals surface area contributed by atoms with E-state index in [0.717, 1.165) is 0 Å². The second-order valence-electron chi connectivity index (χ2n) is 4.25. The molecule has 21 heavy (non-hydrogen) atoms. The summed E-state index contributed by atoms with van der Waals surface area (Å²) in [6.45, 7) is 0.174. The Morgan fingerprint density at radius 2 is 2.29 bits per heavy atom. The summed E-state index contributed by atoms with van der Waals surface area (Å²) in [5, 5.41) is 18.0. The standard InChI is InChI=1S/C12H14N6O3/c1-18-6-8(4-16-18)10(11(19)20)17-12(21)14-5-9-2-3-13-7-15-9/h2-4,6-7,10H,5H2,1H3,(H,19,20)(H2,14,17,21). The molecule has 1 unspecified atom stereocenters. The number of aromatic nitrogens is 4. The molecule has 0 aliphatic carbocycles. The fourth-order valence-corrected chi connectivity index (χ4v) is 1.65. The Balaban J connectivity index is 1.94. The van der Waals surface area contributed by atoms with Gasteiger partial charge in [-0.3, -0.25) is 4.68 Å². The molecule has 0 fully saturated rings. The molecule has 2 aromatic heterocycles. The molecule has 0 aliphatic rings. The van der Waals surface area contributed by atoms with Gasteiger partial charge in [0.05, 0.1) is 18.4 Å². The second-order valence-corrected chi connectivity index (χ2v) is 4.25. The lowest BCUT2D eigenvalue weighted by molar-refractivity contribution is -0.139. The highest BCUT2D eigenvalue weighted by atomic mass is 16.4. The van der Waals surface area contributed by atoms with Crippen molar-refractivity contribution < 1.29 is 14.7 Å². The van der Waals surface area contributed by atoms with Gasteiger partial charge in [0.2, 0.25) is 0 Å². The summed E-state index contributed by atoms with van der Waals surface area (Å²) in [6, 6.07) is -0.121. The van der Waals surface area contributed by atoms with Gasteiger partial charge in [-0.15, -0.1) is 0 Å². The smallest absolute Gasteiger partial charge is 0.331 e. The largest absolute Gasteiger partial charge is 0.479 e. The van der Waals surface area contributed by atoms with E-state index in [1.165, 1.54) is 23.4 Å². The number of carboxylic acid groups (broad SMARTS) is 1. The van der Waals surface area contributed by atoms with E-state index in [9.17, 15) is 9.59 Å². The van der Waals surface area contributed by atoms with Crippen LogP contribution in [-0.4, -0.2) is 36.9 Å². The van der Waals surface area contributed by atoms with Crippen molar-refractivity contribution >= 4 is 12.0 Å². The van der Waals surface area contributed by atoms with Crippen LogP contribution in [0.2, 0.25) is 0 Å². The van der Waals surface area contributed by atoms with E-state index in [4.69, 9.17) is 5.11 Å². The molecule has 0 aromatic carbocycles. The van der Waals surface area contributed by atoms with Crippen LogP contribution >= 0.6 is 0 Å². The highest BCUT2D eigenvalue weighted by Gasteiger charge is 2.23. The van der Waals surface area contributed by atoms with Gasteiger partial charge in [0, 0.05) is 25.0 Å². The van der Waals surface area contributed by atoms with Gasteiger partial charge in [-0.25, -0.2) is 19.6 Å². The van der Waals surface area contributed by atoms with Gasteiger partial charge in [0.25, 0.3) is 0 Å². The number of nitrogens with one attached hydrogen (secondary N) is 2. The fourth-order valence-electron chi connectivity index (χ4n) is 1.65. The number of aliphatic carboxylic acids is 1. The van der Waals surface area contributed by atoms with E-state index < -0.39 is 18.0 Å². The molecule has 2 amide bonds. The topological polar surface area (TPSA) is 122 Å². The molecule has 0 aliphatic heterocycles. The first-order chi connectivity index (χ1) is 10.1. The zero-order chi connectivity index (χ0) is 15.2. The number of carbonyl (C=O) groups excluding carboxylic acids is 1. The Hall–Kier alpha value is -2.97. The third-order valence-electron chi connectivity index (χ3n) is 2.65. The molecule has 2 heterocycles. The molecule has 0 saturated heterocycles. The first-order valence-corrected chi connectivity index (χ1v) is 6.07. The van der Waals surface area contributed by atoms with Gasteiger partial charge in [-0.05, 0) is 6.07 Å². The van der Waals surface area contributed by atoms with E-state index >= 15 is 0 Å². The summed E-state index contributed by atoms with van der Waals surface area (Å²) in [5.41, 5.74) is 1.01. The maximum Gasteiger partial charge on any atom is 0.331 e. The van der Waals surface area contributed by atoms with Crippen LogP contribution in [0.4, 0.5) is 4.79 Å². The summed E-state index contributed by atoms with van der Waals surface area (Å²) in [6.07, 6.45) is 5.84. The second kappa shape index (κ2) is 6.46. The van der Waals surface area contributed by atoms with E-state index in [0.29, 0.717) is 11.3 Å². The zero-order valence-electron chi connectivity index (χ0n) is 11.2. The van der Waals surface area contributed by atoms with Crippen LogP contribution in [0.15, 0.2) is 31.0 Å². The first-order valence-electron chi connectivity index (χ1n) is 6.07. The van der Waals surface area contributed by atoms with Crippen molar-refractivity contribution in [2.24, 2.45) is 7.05 Å². The van der Waals surface area contributed by atoms with Crippen molar-refractivity contribution in [3.63, 3.8) is 0 Å². The summed E-state index contributed by atoms with van der Waals surface area (Å²) < 4.78 is 1.46. The predicted octanol–water partition coefficient (Wildman–Crippen LogP) is -0.165. The van der Waals surface area contributed by atoms with Crippen molar-refractivity contribution in [3.05, 3.63) is 42.2 Å². The Labute approximate surface area is 120 Å². The molecule has 0 spiro atoms. The van der Waals surface area contributed by atoms with Crippen LogP contribution < -0.4 is 10.6 Å². The van der Waals surface area contributed by atoms with Gasteiger partial charge in [0.1, 0.15) is 6.33 Å². The van der Waals surface area contributed by atoms with E-state index in [-0.39, 0.29) is 6.54 Å². The number of hydrogen-bond acceptors (Lipinski definition) is 5. The van der Waals surface area contributed by atoms with E-state index in [1.807, 2.05) is 0 Å². The zero-order valence-corrected chi connectivity index (χ0v) is 11.2. The Bertz CT molecular complexity index is 627. The molecule has 0 saturated carbocycles. The van der Waals surface area contributed by atoms with Crippen LogP contribution in [0.3, 0.4) is 0 Å². The summed E-state index contributed by atoms with van der Waals surface area (Å²) in [7, 11) is 1.66. The Morgan fingerprint density at radius 3 is 2.86 bits per heavy atom. The van der Waals surface area contributed by atoms with Crippen LogP contribution in [-0.2, 0) is 18.4 Å². The number of carbonyl (C=O) groups is 2. The molecule has 9 heteroatoms. The first kappa shape index (κ1) is 14.4. The summed E-state index contributed by atoms with van der Waals surface area (Å²) in [5.74, 6) is -1.17.